The molecule has 0 bridgehead atoms. The molecule has 1 aromatic rings. The molecule has 1 atom stereocenters. The standard InChI is InChI=1S/C13H19NS/c1-10(2)15-9-12-8-14-7-11-5-3-4-6-13(11)12/h3-6,10,12,14H,7-9H2,1-2H3. The quantitative estimate of drug-likeness (QED) is 0.842. The molecule has 0 aromatic heterocycles. The summed E-state index contributed by atoms with van der Waals surface area (Å²) >= 11 is 2.06. The van der Waals surface area contributed by atoms with Crippen molar-refractivity contribution in [2.24, 2.45) is 0 Å². The summed E-state index contributed by atoms with van der Waals surface area (Å²) < 4.78 is 0. The van der Waals surface area contributed by atoms with Gasteiger partial charge < -0.3 is 5.32 Å². The fourth-order valence-corrected chi connectivity index (χ4v) is 2.96. The molecule has 0 spiro atoms. The van der Waals surface area contributed by atoms with Gasteiger partial charge in [0.05, 0.1) is 0 Å². The van der Waals surface area contributed by atoms with Crippen LogP contribution in [0.4, 0.5) is 0 Å². The van der Waals surface area contributed by atoms with E-state index in [4.69, 9.17) is 0 Å². The fourth-order valence-electron chi connectivity index (χ4n) is 2.04. The first kappa shape index (κ1) is 11.0. The summed E-state index contributed by atoms with van der Waals surface area (Å²) in [5.41, 5.74) is 3.04. The van der Waals surface area contributed by atoms with Crippen molar-refractivity contribution < 1.29 is 0 Å². The molecule has 1 N–H and O–H groups in total. The van der Waals surface area contributed by atoms with Crippen molar-refractivity contribution in [3.8, 4) is 0 Å². The van der Waals surface area contributed by atoms with Crippen molar-refractivity contribution in [3.05, 3.63) is 35.4 Å². The summed E-state index contributed by atoms with van der Waals surface area (Å²) in [4.78, 5) is 0. The van der Waals surface area contributed by atoms with E-state index in [1.165, 1.54) is 11.3 Å². The van der Waals surface area contributed by atoms with Gasteiger partial charge in [-0.2, -0.15) is 11.8 Å². The predicted octanol–water partition coefficient (Wildman–Crippen LogP) is 3.02. The number of fused-ring (bicyclic) bond motifs is 1. The van der Waals surface area contributed by atoms with Crippen molar-refractivity contribution in [2.45, 2.75) is 31.6 Å². The van der Waals surface area contributed by atoms with Crippen LogP contribution in [-0.4, -0.2) is 17.5 Å². The molecular weight excluding hydrogens is 202 g/mol. The zero-order valence-electron chi connectivity index (χ0n) is 9.49. The number of rotatable bonds is 3. The monoisotopic (exact) mass is 221 g/mol. The highest BCUT2D eigenvalue weighted by Crippen LogP contribution is 2.28. The van der Waals surface area contributed by atoms with Gasteiger partial charge in [-0.25, -0.2) is 0 Å². The Morgan fingerprint density at radius 3 is 3.00 bits per heavy atom. The number of hydrogen-bond acceptors (Lipinski definition) is 2. The van der Waals surface area contributed by atoms with Crippen LogP contribution in [0.2, 0.25) is 0 Å². The molecule has 15 heavy (non-hydrogen) atoms. The molecule has 0 amide bonds. The molecule has 0 saturated carbocycles. The van der Waals surface area contributed by atoms with E-state index in [2.05, 4.69) is 55.2 Å². The summed E-state index contributed by atoms with van der Waals surface area (Å²) in [5, 5.41) is 4.24. The van der Waals surface area contributed by atoms with E-state index < -0.39 is 0 Å². The Morgan fingerprint density at radius 1 is 1.40 bits per heavy atom. The average Bonchev–Trinajstić information content (AvgIpc) is 2.26. The minimum atomic E-state index is 0.697. The molecule has 1 unspecified atom stereocenters. The van der Waals surface area contributed by atoms with E-state index in [0.717, 1.165) is 18.3 Å². The Bertz CT molecular complexity index is 322. The Hall–Kier alpha value is -0.470. The predicted molar refractivity (Wildman–Crippen MR) is 68.5 cm³/mol. The van der Waals surface area contributed by atoms with Crippen molar-refractivity contribution in [1.29, 1.82) is 0 Å². The topological polar surface area (TPSA) is 12.0 Å². The third kappa shape index (κ3) is 2.76. The van der Waals surface area contributed by atoms with Gasteiger partial charge in [0.2, 0.25) is 0 Å². The highest BCUT2D eigenvalue weighted by molar-refractivity contribution is 7.99. The van der Waals surface area contributed by atoms with Crippen LogP contribution in [0, 0.1) is 0 Å². The van der Waals surface area contributed by atoms with E-state index in [-0.39, 0.29) is 0 Å². The third-order valence-corrected chi connectivity index (χ3v) is 4.09. The van der Waals surface area contributed by atoms with Crippen molar-refractivity contribution in [2.75, 3.05) is 12.3 Å². The smallest absolute Gasteiger partial charge is 0.0208 e. The molecule has 82 valence electrons. The molecule has 1 aromatic carbocycles. The van der Waals surface area contributed by atoms with E-state index >= 15 is 0 Å². The molecule has 1 aliphatic rings. The second kappa shape index (κ2) is 5.04. The molecule has 1 heterocycles. The van der Waals surface area contributed by atoms with Gasteiger partial charge in [0.1, 0.15) is 0 Å². The van der Waals surface area contributed by atoms with Crippen LogP contribution in [0.1, 0.15) is 30.9 Å². The van der Waals surface area contributed by atoms with Crippen molar-refractivity contribution >= 4 is 11.8 Å². The average molecular weight is 221 g/mol. The first-order chi connectivity index (χ1) is 7.27. The summed E-state index contributed by atoms with van der Waals surface area (Å²) in [6.07, 6.45) is 0. The van der Waals surface area contributed by atoms with Crippen LogP contribution >= 0.6 is 11.8 Å². The fraction of sp³-hybridized carbons (Fsp3) is 0.538. The van der Waals surface area contributed by atoms with Crippen LogP contribution < -0.4 is 5.32 Å². The third-order valence-electron chi connectivity index (χ3n) is 2.83. The molecule has 0 aliphatic carbocycles. The van der Waals surface area contributed by atoms with Gasteiger partial charge in [-0.15, -0.1) is 0 Å². The number of thioether (sulfide) groups is 1. The number of benzene rings is 1. The van der Waals surface area contributed by atoms with E-state index in [0.29, 0.717) is 5.92 Å². The van der Waals surface area contributed by atoms with Gasteiger partial charge in [-0.3, -0.25) is 0 Å². The minimum absolute atomic E-state index is 0.697. The first-order valence-corrected chi connectivity index (χ1v) is 6.72. The van der Waals surface area contributed by atoms with Gasteiger partial charge >= 0.3 is 0 Å². The molecule has 0 saturated heterocycles. The van der Waals surface area contributed by atoms with Crippen molar-refractivity contribution in [3.63, 3.8) is 0 Å². The minimum Gasteiger partial charge on any atom is -0.312 e. The summed E-state index contributed by atoms with van der Waals surface area (Å²) in [5.74, 6) is 1.93. The molecule has 0 fully saturated rings. The lowest BCUT2D eigenvalue weighted by molar-refractivity contribution is 0.576. The molecule has 2 rings (SSSR count). The van der Waals surface area contributed by atoms with Crippen LogP contribution in [0.5, 0.6) is 0 Å². The van der Waals surface area contributed by atoms with E-state index in [9.17, 15) is 0 Å². The Morgan fingerprint density at radius 2 is 2.20 bits per heavy atom. The molecule has 0 radical (unpaired) electrons. The lowest BCUT2D eigenvalue weighted by Gasteiger charge is -2.26. The maximum Gasteiger partial charge on any atom is 0.0208 e. The zero-order chi connectivity index (χ0) is 10.7. The van der Waals surface area contributed by atoms with Crippen molar-refractivity contribution in [1.82, 2.24) is 5.32 Å². The zero-order valence-corrected chi connectivity index (χ0v) is 10.3. The summed E-state index contributed by atoms with van der Waals surface area (Å²) in [6, 6.07) is 8.84. The second-order valence-electron chi connectivity index (χ2n) is 4.41. The number of nitrogens with one attached hydrogen (secondary N) is 1. The van der Waals surface area contributed by atoms with Gasteiger partial charge in [-0.05, 0) is 16.4 Å². The van der Waals surface area contributed by atoms with Gasteiger partial charge in [0.25, 0.3) is 0 Å². The maximum atomic E-state index is 3.50. The Labute approximate surface area is 96.7 Å². The largest absolute Gasteiger partial charge is 0.312 e. The molecule has 1 aliphatic heterocycles. The van der Waals surface area contributed by atoms with E-state index in [1.807, 2.05) is 0 Å². The lowest BCUT2D eigenvalue weighted by Crippen LogP contribution is -2.29. The highest BCUT2D eigenvalue weighted by atomic mass is 32.2. The SMILES string of the molecule is CC(C)SCC1CNCc2ccccc21. The highest BCUT2D eigenvalue weighted by Gasteiger charge is 2.19. The van der Waals surface area contributed by atoms with Gasteiger partial charge in [0.15, 0.2) is 0 Å². The Balaban J connectivity index is 2.08. The maximum absolute atomic E-state index is 3.50. The van der Waals surface area contributed by atoms with Crippen LogP contribution in [-0.2, 0) is 6.54 Å². The normalized spacial score (nSPS) is 20.3. The van der Waals surface area contributed by atoms with Gasteiger partial charge in [-0.1, -0.05) is 38.1 Å². The van der Waals surface area contributed by atoms with Gasteiger partial charge in [0, 0.05) is 24.8 Å². The van der Waals surface area contributed by atoms with Crippen LogP contribution in [0.25, 0.3) is 0 Å². The molecule has 2 heteroatoms. The van der Waals surface area contributed by atoms with E-state index in [1.54, 1.807) is 5.56 Å². The summed E-state index contributed by atoms with van der Waals surface area (Å²) in [7, 11) is 0. The molecule has 1 nitrogen and oxygen atoms in total. The van der Waals surface area contributed by atoms with Crippen LogP contribution in [0.15, 0.2) is 24.3 Å². The molecular formula is C13H19NS. The first-order valence-electron chi connectivity index (χ1n) is 5.67. The number of hydrogen-bond donors (Lipinski definition) is 1. The Kier molecular flexibility index (Phi) is 3.71. The lowest BCUT2D eigenvalue weighted by atomic mass is 9.92. The van der Waals surface area contributed by atoms with Crippen LogP contribution in [0.3, 0.4) is 0 Å². The second-order valence-corrected chi connectivity index (χ2v) is 6.02. The summed E-state index contributed by atoms with van der Waals surface area (Å²) in [6.45, 7) is 6.72.